The van der Waals surface area contributed by atoms with E-state index in [0.717, 1.165) is 6.08 Å². The molecule has 0 aromatic heterocycles. The van der Waals surface area contributed by atoms with Gasteiger partial charge in [0, 0.05) is 30.2 Å². The second-order valence-electron chi connectivity index (χ2n) is 10.3. The number of halogens is 19. The smallest absolute Gasteiger partial charge is 0.460 e. The topological polar surface area (TPSA) is 126 Å². The Morgan fingerprint density at radius 2 is 1.20 bits per heavy atom. The largest absolute Gasteiger partial charge is 0.495 e. The van der Waals surface area contributed by atoms with Crippen molar-refractivity contribution in [3.8, 4) is 0 Å². The van der Waals surface area contributed by atoms with Gasteiger partial charge in [0.2, 0.25) is 23.3 Å². The molecule has 0 radical (unpaired) electrons. The van der Waals surface area contributed by atoms with Crippen molar-refractivity contribution >= 4 is 11.9 Å². The van der Waals surface area contributed by atoms with Crippen molar-refractivity contribution in [2.75, 3.05) is 39.7 Å². The molecular weight excluding hydrogens is 913 g/mol. The Hall–Kier alpha value is -4.85. The van der Waals surface area contributed by atoms with Crippen LogP contribution >= 0.6 is 0 Å². The van der Waals surface area contributed by atoms with E-state index < -0.39 is 134 Å². The molecule has 31 heteroatoms. The fourth-order valence-electron chi connectivity index (χ4n) is 3.12. The molecule has 0 spiro atoms. The van der Waals surface area contributed by atoms with E-state index in [1.807, 2.05) is 0 Å². The summed E-state index contributed by atoms with van der Waals surface area (Å²) in [7, 11) is 0. The Balaban J connectivity index is 6.37. The number of allylic oxidation sites excluding steroid dienone is 7. The molecule has 0 rings (SSSR count). The van der Waals surface area contributed by atoms with E-state index >= 15 is 8.78 Å². The highest BCUT2D eigenvalue weighted by Gasteiger charge is 2.79. The third kappa shape index (κ3) is 16.9. The van der Waals surface area contributed by atoms with Crippen LogP contribution in [0.15, 0.2) is 84.4 Å². The fraction of sp³-hybridized carbons (Fsp3) is 0.467. The van der Waals surface area contributed by atoms with Gasteiger partial charge in [-0.2, -0.15) is 49.3 Å². The van der Waals surface area contributed by atoms with Gasteiger partial charge in [-0.05, 0) is 11.5 Å². The third-order valence-corrected chi connectivity index (χ3v) is 5.99. The lowest BCUT2D eigenvalue weighted by Gasteiger charge is -2.38. The summed E-state index contributed by atoms with van der Waals surface area (Å²) in [4.78, 5) is 39.2. The molecular formula is C30H25F19O12. The quantitative estimate of drug-likeness (QED) is 0.0108. The van der Waals surface area contributed by atoms with Crippen LogP contribution in [0.5, 0.6) is 0 Å². The minimum absolute atomic E-state index is 0.305. The van der Waals surface area contributed by atoms with Gasteiger partial charge in [-0.25, -0.2) is 53.5 Å². The molecule has 12 nitrogen and oxygen atoms in total. The van der Waals surface area contributed by atoms with Gasteiger partial charge >= 0.3 is 41.9 Å². The van der Waals surface area contributed by atoms with Gasteiger partial charge in [0.25, 0.3) is 0 Å². The first-order valence-corrected chi connectivity index (χ1v) is 15.2. The van der Waals surface area contributed by atoms with E-state index in [1.165, 1.54) is 0 Å². The minimum Gasteiger partial charge on any atom is -0.495 e. The van der Waals surface area contributed by atoms with Crippen LogP contribution < -0.4 is 0 Å². The molecule has 0 fully saturated rings. The van der Waals surface area contributed by atoms with E-state index in [-0.39, 0.29) is 13.2 Å². The van der Waals surface area contributed by atoms with Gasteiger partial charge in [-0.1, -0.05) is 13.2 Å². The summed E-state index contributed by atoms with van der Waals surface area (Å²) in [5.74, 6) is -55.6. The van der Waals surface area contributed by atoms with Crippen LogP contribution in [0, 0.1) is 0 Å². The zero-order valence-electron chi connectivity index (χ0n) is 29.5. The highest BCUT2D eigenvalue weighted by atomic mass is 19.4. The summed E-state index contributed by atoms with van der Waals surface area (Å²) < 4.78 is 278. The minimum atomic E-state index is -7.94. The number of alkyl halides is 11. The first-order chi connectivity index (χ1) is 28.1. The molecule has 0 saturated heterocycles. The molecule has 0 aliphatic carbocycles. The lowest BCUT2D eigenvalue weighted by atomic mass is 10.0. The van der Waals surface area contributed by atoms with Gasteiger partial charge < -0.3 is 19.1 Å². The van der Waals surface area contributed by atoms with Gasteiger partial charge in [-0.15, -0.1) is 0 Å². The fourth-order valence-corrected chi connectivity index (χ4v) is 3.12. The standard InChI is InChI=1S/C30H25F19O12/c1-3-17(50)54-9-11-56-55-10-8-53-14-15(57-60-61-58-18(51)4-2)13-52-7-5-6-26(40,29(44,45)46)59-27(41,28(42,43)30(47,48)49)25(39)24(38)23(37)22(36)21(35)20(34)19(33)16(32)12-31/h3-4,8,10,15H,1-2,5-7,9,11-14H2/b10-8-,19-16+,21-20+,23-22+,25-24+. The van der Waals surface area contributed by atoms with Crippen molar-refractivity contribution in [3.05, 3.63) is 84.4 Å². The monoisotopic (exact) mass is 938 g/mol. The predicted molar refractivity (Wildman–Crippen MR) is 155 cm³/mol. The predicted octanol–water partition coefficient (Wildman–Crippen LogP) is 9.52. The summed E-state index contributed by atoms with van der Waals surface area (Å²) in [6, 6.07) is 0. The highest BCUT2D eigenvalue weighted by molar-refractivity contribution is 5.81. The van der Waals surface area contributed by atoms with Crippen molar-refractivity contribution in [2.45, 2.75) is 48.9 Å². The second-order valence-corrected chi connectivity index (χ2v) is 10.3. The maximum atomic E-state index is 15.3. The summed E-state index contributed by atoms with van der Waals surface area (Å²) in [5.41, 5.74) is 0. The summed E-state index contributed by atoms with van der Waals surface area (Å²) >= 11 is 0. The Kier molecular flexibility index (Phi) is 23.2. The van der Waals surface area contributed by atoms with Crippen LogP contribution in [0.25, 0.3) is 0 Å². The van der Waals surface area contributed by atoms with Crippen LogP contribution in [-0.2, 0) is 58.2 Å². The number of rotatable bonds is 28. The molecule has 350 valence electrons. The van der Waals surface area contributed by atoms with E-state index in [2.05, 4.69) is 52.3 Å². The number of carbonyl (C=O) groups excluding carboxylic acids is 2. The normalized spacial score (nSPS) is 16.8. The van der Waals surface area contributed by atoms with Crippen molar-refractivity contribution in [3.63, 3.8) is 0 Å². The number of esters is 1. The van der Waals surface area contributed by atoms with Gasteiger partial charge in [0.05, 0.1) is 6.61 Å². The van der Waals surface area contributed by atoms with Crippen LogP contribution in [0.2, 0.25) is 0 Å². The second kappa shape index (κ2) is 25.2. The summed E-state index contributed by atoms with van der Waals surface area (Å²) in [6.45, 7) is -0.327. The molecule has 0 aromatic carbocycles. The first kappa shape index (κ1) is 56.2. The van der Waals surface area contributed by atoms with Crippen molar-refractivity contribution in [1.29, 1.82) is 0 Å². The van der Waals surface area contributed by atoms with E-state index in [4.69, 9.17) is 9.47 Å². The van der Waals surface area contributed by atoms with E-state index in [9.17, 15) is 84.2 Å². The molecule has 0 aliphatic rings. The molecule has 0 saturated carbocycles. The molecule has 3 unspecified atom stereocenters. The molecule has 0 amide bonds. The van der Waals surface area contributed by atoms with Crippen molar-refractivity contribution in [1.82, 2.24) is 0 Å². The lowest BCUT2D eigenvalue weighted by molar-refractivity contribution is -0.626. The van der Waals surface area contributed by atoms with Crippen LogP contribution in [0.4, 0.5) is 83.4 Å². The van der Waals surface area contributed by atoms with E-state index in [0.29, 0.717) is 18.6 Å². The maximum Gasteiger partial charge on any atom is 0.460 e. The zero-order valence-corrected chi connectivity index (χ0v) is 29.5. The molecule has 61 heavy (non-hydrogen) atoms. The number of carbonyl (C=O) groups is 2. The van der Waals surface area contributed by atoms with Crippen LogP contribution in [-0.4, -0.2) is 87.7 Å². The van der Waals surface area contributed by atoms with Crippen molar-refractivity contribution < 1.29 is 142 Å². The Morgan fingerprint density at radius 3 is 1.72 bits per heavy atom. The van der Waals surface area contributed by atoms with Crippen LogP contribution in [0.3, 0.4) is 0 Å². The average Bonchev–Trinajstić information content (AvgIpc) is 3.20. The number of hydrogen-bond acceptors (Lipinski definition) is 12. The zero-order chi connectivity index (χ0) is 47.4. The summed E-state index contributed by atoms with van der Waals surface area (Å²) in [6.07, 6.45) is -18.1. The Morgan fingerprint density at radius 1 is 0.639 bits per heavy atom. The molecule has 0 aliphatic heterocycles. The third-order valence-electron chi connectivity index (χ3n) is 5.99. The summed E-state index contributed by atoms with van der Waals surface area (Å²) in [5, 5.41) is 7.81. The van der Waals surface area contributed by atoms with Crippen LogP contribution in [0.1, 0.15) is 12.8 Å². The molecule has 0 heterocycles. The molecule has 3 atom stereocenters. The Labute approximate surface area is 327 Å². The molecule has 0 aromatic rings. The Bertz CT molecular complexity index is 1640. The number of ether oxygens (including phenoxy) is 4. The van der Waals surface area contributed by atoms with Gasteiger partial charge in [0.15, 0.2) is 35.7 Å². The SMILES string of the molecule is C=CC(=O)OCCOO/C=C\OCC(COCCCC(F)(OC(F)(/C(F)=C(F)/C(F)=C(F)/C(F)=C(F)/C(F)=C(\F)CF)C(F)(F)C(F)(F)F)C(F)(F)F)OOOOC(=O)C=C. The number of hydrogen-bond donors (Lipinski definition) is 0. The maximum absolute atomic E-state index is 15.3. The van der Waals surface area contributed by atoms with Gasteiger partial charge in [0.1, 0.15) is 32.8 Å². The van der Waals surface area contributed by atoms with Gasteiger partial charge in [-0.3, -0.25) is 9.62 Å². The lowest BCUT2D eigenvalue weighted by Crippen LogP contribution is -2.61. The average molecular weight is 938 g/mol. The molecule has 0 bridgehead atoms. The highest BCUT2D eigenvalue weighted by Crippen LogP contribution is 2.55. The first-order valence-electron chi connectivity index (χ1n) is 15.2. The molecule has 0 N–H and O–H groups in total. The van der Waals surface area contributed by atoms with E-state index in [1.54, 1.807) is 0 Å². The van der Waals surface area contributed by atoms with Crippen molar-refractivity contribution in [2.24, 2.45) is 0 Å².